The largest absolute Gasteiger partial charge is 0.476 e. The molecule has 2 amide bonds. The lowest BCUT2D eigenvalue weighted by Gasteiger charge is -2.34. The first-order valence-electron chi connectivity index (χ1n) is 9.18. The molecule has 1 saturated carbocycles. The number of hydrogen-bond acceptors (Lipinski definition) is 5. The monoisotopic (exact) mass is 356 g/mol. The molecule has 138 valence electrons. The molecule has 1 aliphatic heterocycles. The number of amides is 2. The van der Waals surface area contributed by atoms with Crippen LogP contribution in [0.4, 0.5) is 16.3 Å². The zero-order valence-electron chi connectivity index (χ0n) is 14.9. The molecule has 0 spiro atoms. The Balaban J connectivity index is 1.33. The van der Waals surface area contributed by atoms with Crippen molar-refractivity contribution in [2.45, 2.75) is 25.7 Å². The second-order valence-electron chi connectivity index (χ2n) is 6.65. The number of piperazine rings is 1. The van der Waals surface area contributed by atoms with Crippen LogP contribution in [0.1, 0.15) is 31.4 Å². The first kappa shape index (κ1) is 16.7. The first-order chi connectivity index (χ1) is 12.7. The topological polar surface area (TPSA) is 86.4 Å². The van der Waals surface area contributed by atoms with E-state index in [4.69, 9.17) is 4.74 Å². The van der Waals surface area contributed by atoms with Crippen LogP contribution in [0.5, 0.6) is 5.88 Å². The predicted molar refractivity (Wildman–Crippen MR) is 98.8 cm³/mol. The Labute approximate surface area is 152 Å². The molecule has 1 saturated heterocycles. The Bertz CT molecular complexity index is 765. The molecule has 3 heterocycles. The van der Waals surface area contributed by atoms with Gasteiger partial charge in [0.2, 0.25) is 5.88 Å². The van der Waals surface area contributed by atoms with Crippen molar-refractivity contribution in [3.63, 3.8) is 0 Å². The summed E-state index contributed by atoms with van der Waals surface area (Å²) in [6.45, 7) is 5.25. The molecule has 2 aromatic heterocycles. The number of nitrogens with zero attached hydrogens (tertiary/aromatic N) is 4. The van der Waals surface area contributed by atoms with E-state index in [1.165, 1.54) is 18.5 Å². The molecule has 0 unspecified atom stereocenters. The molecule has 1 aliphatic carbocycles. The quantitative estimate of drug-likeness (QED) is 0.859. The minimum Gasteiger partial charge on any atom is -0.476 e. The highest BCUT2D eigenvalue weighted by atomic mass is 16.5. The van der Waals surface area contributed by atoms with Crippen LogP contribution >= 0.6 is 0 Å². The second kappa shape index (κ2) is 7.23. The van der Waals surface area contributed by atoms with Crippen LogP contribution in [-0.4, -0.2) is 58.9 Å². The fourth-order valence-electron chi connectivity index (χ4n) is 3.16. The molecule has 8 heteroatoms. The average molecular weight is 356 g/mol. The van der Waals surface area contributed by atoms with Gasteiger partial charge >= 0.3 is 6.03 Å². The lowest BCUT2D eigenvalue weighted by molar-refractivity contribution is 0.208. The third-order valence-electron chi connectivity index (χ3n) is 4.79. The van der Waals surface area contributed by atoms with Gasteiger partial charge in [0.25, 0.3) is 0 Å². The van der Waals surface area contributed by atoms with Crippen LogP contribution in [0, 0.1) is 0 Å². The summed E-state index contributed by atoms with van der Waals surface area (Å²) in [5.74, 6) is 2.10. The van der Waals surface area contributed by atoms with Crippen molar-refractivity contribution in [3.05, 3.63) is 30.1 Å². The molecular formula is C18H24N6O2. The summed E-state index contributed by atoms with van der Waals surface area (Å²) in [6.07, 6.45) is 4.17. The summed E-state index contributed by atoms with van der Waals surface area (Å²) < 4.78 is 5.46. The number of pyridine rings is 1. The Morgan fingerprint density at radius 2 is 2.15 bits per heavy atom. The SMILES string of the molecule is CCOc1ncccc1NC(=O)N1CCN(c2cc(C3CC3)[nH]n2)CC1. The maximum Gasteiger partial charge on any atom is 0.322 e. The van der Waals surface area contributed by atoms with Crippen LogP contribution in [0.3, 0.4) is 0 Å². The van der Waals surface area contributed by atoms with Gasteiger partial charge in [-0.05, 0) is 31.9 Å². The van der Waals surface area contributed by atoms with Gasteiger partial charge < -0.3 is 19.9 Å². The zero-order chi connectivity index (χ0) is 17.9. The number of anilines is 2. The van der Waals surface area contributed by atoms with Gasteiger partial charge in [-0.3, -0.25) is 5.10 Å². The van der Waals surface area contributed by atoms with Gasteiger partial charge in [-0.2, -0.15) is 5.10 Å². The Morgan fingerprint density at radius 1 is 1.35 bits per heavy atom. The number of aromatic amines is 1. The zero-order valence-corrected chi connectivity index (χ0v) is 14.9. The number of hydrogen-bond donors (Lipinski definition) is 2. The van der Waals surface area contributed by atoms with Crippen LogP contribution in [0.2, 0.25) is 0 Å². The van der Waals surface area contributed by atoms with Crippen molar-refractivity contribution in [3.8, 4) is 5.88 Å². The van der Waals surface area contributed by atoms with Gasteiger partial charge in [0.1, 0.15) is 5.69 Å². The average Bonchev–Trinajstić information content (AvgIpc) is 3.40. The van der Waals surface area contributed by atoms with Gasteiger partial charge in [-0.1, -0.05) is 0 Å². The van der Waals surface area contributed by atoms with E-state index in [1.54, 1.807) is 18.3 Å². The Hall–Kier alpha value is -2.77. The lowest BCUT2D eigenvalue weighted by atomic mass is 10.2. The van der Waals surface area contributed by atoms with E-state index in [2.05, 4.69) is 31.5 Å². The number of ether oxygens (including phenoxy) is 1. The summed E-state index contributed by atoms with van der Waals surface area (Å²) in [7, 11) is 0. The number of urea groups is 1. The van der Waals surface area contributed by atoms with Crippen LogP contribution in [0.25, 0.3) is 0 Å². The molecule has 0 aromatic carbocycles. The second-order valence-corrected chi connectivity index (χ2v) is 6.65. The maximum absolute atomic E-state index is 12.6. The van der Waals surface area contributed by atoms with E-state index in [0.29, 0.717) is 37.2 Å². The molecule has 0 bridgehead atoms. The van der Waals surface area contributed by atoms with Crippen molar-refractivity contribution in [2.24, 2.45) is 0 Å². The molecule has 4 rings (SSSR count). The standard InChI is InChI=1S/C18H24N6O2/c1-2-26-17-14(4-3-7-19-17)20-18(25)24-10-8-23(9-11-24)16-12-15(21-22-16)13-5-6-13/h3-4,7,12-13H,2,5-6,8-11H2,1H3,(H,20,25)(H,21,22). The van der Waals surface area contributed by atoms with Gasteiger partial charge in [-0.15, -0.1) is 0 Å². The van der Waals surface area contributed by atoms with Crippen molar-refractivity contribution < 1.29 is 9.53 Å². The number of rotatable bonds is 5. The van der Waals surface area contributed by atoms with E-state index in [9.17, 15) is 4.79 Å². The highest BCUT2D eigenvalue weighted by Crippen LogP contribution is 2.39. The summed E-state index contributed by atoms with van der Waals surface area (Å²) in [5.41, 5.74) is 1.84. The fourth-order valence-corrected chi connectivity index (χ4v) is 3.16. The summed E-state index contributed by atoms with van der Waals surface area (Å²) in [4.78, 5) is 20.8. The number of H-pyrrole nitrogens is 1. The molecule has 2 aromatic rings. The van der Waals surface area contributed by atoms with E-state index in [-0.39, 0.29) is 6.03 Å². The van der Waals surface area contributed by atoms with E-state index in [0.717, 1.165) is 18.9 Å². The summed E-state index contributed by atoms with van der Waals surface area (Å²) >= 11 is 0. The van der Waals surface area contributed by atoms with Gasteiger partial charge in [0, 0.05) is 50.1 Å². The maximum atomic E-state index is 12.6. The number of carbonyl (C=O) groups is 1. The first-order valence-corrected chi connectivity index (χ1v) is 9.18. The number of carbonyl (C=O) groups excluding carboxylic acids is 1. The number of aromatic nitrogens is 3. The third-order valence-corrected chi connectivity index (χ3v) is 4.79. The molecule has 0 radical (unpaired) electrons. The number of nitrogens with one attached hydrogen (secondary N) is 2. The molecule has 2 aliphatic rings. The van der Waals surface area contributed by atoms with Gasteiger partial charge in [-0.25, -0.2) is 9.78 Å². The lowest BCUT2D eigenvalue weighted by Crippen LogP contribution is -2.50. The molecule has 0 atom stereocenters. The van der Waals surface area contributed by atoms with Gasteiger partial charge in [0.05, 0.1) is 6.61 Å². The molecule has 8 nitrogen and oxygen atoms in total. The van der Waals surface area contributed by atoms with E-state index >= 15 is 0 Å². The Kier molecular flexibility index (Phi) is 4.64. The third kappa shape index (κ3) is 3.58. The van der Waals surface area contributed by atoms with Crippen molar-refractivity contribution in [1.29, 1.82) is 0 Å². The van der Waals surface area contributed by atoms with E-state index < -0.39 is 0 Å². The summed E-state index contributed by atoms with van der Waals surface area (Å²) in [5, 5.41) is 10.5. The van der Waals surface area contributed by atoms with Crippen LogP contribution < -0.4 is 15.0 Å². The minimum absolute atomic E-state index is 0.126. The van der Waals surface area contributed by atoms with Crippen LogP contribution in [0.15, 0.2) is 24.4 Å². The van der Waals surface area contributed by atoms with Crippen molar-refractivity contribution >= 4 is 17.5 Å². The molecule has 2 fully saturated rings. The van der Waals surface area contributed by atoms with E-state index in [1.807, 2.05) is 11.8 Å². The normalized spacial score (nSPS) is 17.3. The fraction of sp³-hybridized carbons (Fsp3) is 0.500. The Morgan fingerprint density at radius 3 is 2.88 bits per heavy atom. The minimum atomic E-state index is -0.126. The van der Waals surface area contributed by atoms with Gasteiger partial charge in [0.15, 0.2) is 5.82 Å². The smallest absolute Gasteiger partial charge is 0.322 e. The predicted octanol–water partition coefficient (Wildman–Crippen LogP) is 2.43. The van der Waals surface area contributed by atoms with Crippen molar-refractivity contribution in [2.75, 3.05) is 43.0 Å². The van der Waals surface area contributed by atoms with Crippen LogP contribution in [-0.2, 0) is 0 Å². The molecule has 2 N–H and O–H groups in total. The van der Waals surface area contributed by atoms with Crippen molar-refractivity contribution in [1.82, 2.24) is 20.1 Å². The molecule has 26 heavy (non-hydrogen) atoms. The molecular weight excluding hydrogens is 332 g/mol. The highest BCUT2D eigenvalue weighted by Gasteiger charge is 2.28. The highest BCUT2D eigenvalue weighted by molar-refractivity contribution is 5.90. The summed E-state index contributed by atoms with van der Waals surface area (Å²) in [6, 6.07) is 5.61.